The third kappa shape index (κ3) is 5.44. The van der Waals surface area contributed by atoms with Crippen molar-refractivity contribution in [2.45, 2.75) is 42.6 Å². The molecule has 3 rings (SSSR count). The monoisotopic (exact) mass is 395 g/mol. The molecule has 1 fully saturated rings. The van der Waals surface area contributed by atoms with Crippen LogP contribution in [0.4, 0.5) is 4.39 Å². The van der Waals surface area contributed by atoms with Crippen molar-refractivity contribution in [2.24, 2.45) is 0 Å². The fraction of sp³-hybridized carbons (Fsp3) is 0.529. The van der Waals surface area contributed by atoms with Gasteiger partial charge in [-0.15, -0.1) is 5.10 Å². The molecule has 0 aliphatic heterocycles. The SMILES string of the molecule is O=C(CSc1nnnn1C1CCCC1)NCCSCc1ccccc1F. The highest BCUT2D eigenvalue weighted by atomic mass is 32.2. The second kappa shape index (κ2) is 9.91. The molecule has 6 nitrogen and oxygen atoms in total. The Balaban J connectivity index is 1.32. The molecule has 1 amide bonds. The second-order valence-electron chi connectivity index (χ2n) is 6.13. The summed E-state index contributed by atoms with van der Waals surface area (Å²) in [4.78, 5) is 12.0. The van der Waals surface area contributed by atoms with E-state index in [1.165, 1.54) is 30.7 Å². The minimum Gasteiger partial charge on any atom is -0.355 e. The molecule has 1 heterocycles. The van der Waals surface area contributed by atoms with E-state index in [2.05, 4.69) is 20.8 Å². The summed E-state index contributed by atoms with van der Waals surface area (Å²) in [6.45, 7) is 0.562. The summed E-state index contributed by atoms with van der Waals surface area (Å²) in [5, 5.41) is 15.4. The van der Waals surface area contributed by atoms with Crippen LogP contribution in [0.1, 0.15) is 37.3 Å². The summed E-state index contributed by atoms with van der Waals surface area (Å²) in [5.41, 5.74) is 0.693. The zero-order chi connectivity index (χ0) is 18.2. The highest BCUT2D eigenvalue weighted by molar-refractivity contribution is 7.99. The lowest BCUT2D eigenvalue weighted by molar-refractivity contribution is -0.118. The summed E-state index contributed by atoms with van der Waals surface area (Å²) >= 11 is 2.97. The van der Waals surface area contributed by atoms with Gasteiger partial charge in [0.2, 0.25) is 11.1 Å². The molecule has 0 unspecified atom stereocenters. The number of thioether (sulfide) groups is 2. The minimum absolute atomic E-state index is 0.0394. The third-order valence-electron chi connectivity index (χ3n) is 4.25. The number of nitrogens with zero attached hydrogens (tertiary/aromatic N) is 4. The van der Waals surface area contributed by atoms with E-state index in [-0.39, 0.29) is 11.7 Å². The summed E-state index contributed by atoms with van der Waals surface area (Å²) in [6.07, 6.45) is 4.62. The maximum absolute atomic E-state index is 13.5. The molecule has 1 aliphatic rings. The normalized spacial score (nSPS) is 14.7. The van der Waals surface area contributed by atoms with Gasteiger partial charge < -0.3 is 5.32 Å². The van der Waals surface area contributed by atoms with Gasteiger partial charge in [0.15, 0.2) is 0 Å². The molecular formula is C17H22FN5OS2. The van der Waals surface area contributed by atoms with Crippen LogP contribution < -0.4 is 5.32 Å². The molecule has 0 spiro atoms. The Morgan fingerprint density at radius 3 is 2.92 bits per heavy atom. The topological polar surface area (TPSA) is 72.7 Å². The Morgan fingerprint density at radius 1 is 1.31 bits per heavy atom. The smallest absolute Gasteiger partial charge is 0.230 e. The van der Waals surface area contributed by atoms with Gasteiger partial charge in [-0.25, -0.2) is 9.07 Å². The summed E-state index contributed by atoms with van der Waals surface area (Å²) < 4.78 is 15.4. The summed E-state index contributed by atoms with van der Waals surface area (Å²) in [6, 6.07) is 7.13. The zero-order valence-electron chi connectivity index (χ0n) is 14.4. The molecule has 1 aromatic carbocycles. The van der Waals surface area contributed by atoms with Crippen molar-refractivity contribution in [1.29, 1.82) is 0 Å². The van der Waals surface area contributed by atoms with E-state index in [0.717, 1.165) is 18.6 Å². The maximum Gasteiger partial charge on any atom is 0.230 e. The molecule has 0 bridgehead atoms. The van der Waals surface area contributed by atoms with Gasteiger partial charge >= 0.3 is 0 Å². The van der Waals surface area contributed by atoms with Gasteiger partial charge in [0.1, 0.15) is 5.82 Å². The standard InChI is InChI=1S/C17H22FN5OS2/c18-15-8-4-1-5-13(15)11-25-10-9-19-16(24)12-26-17-20-21-22-23(17)14-6-2-3-7-14/h1,4-5,8,14H,2-3,6-7,9-12H2,(H,19,24). The predicted octanol–water partition coefficient (Wildman–Crippen LogP) is 3.07. The van der Waals surface area contributed by atoms with E-state index in [1.54, 1.807) is 23.9 Å². The van der Waals surface area contributed by atoms with Crippen LogP contribution in [-0.4, -0.2) is 44.2 Å². The van der Waals surface area contributed by atoms with Crippen molar-refractivity contribution >= 4 is 29.4 Å². The number of tetrazole rings is 1. The molecule has 2 aromatic rings. The number of carbonyl (C=O) groups excluding carboxylic acids is 1. The van der Waals surface area contributed by atoms with Crippen LogP contribution in [0.3, 0.4) is 0 Å². The van der Waals surface area contributed by atoms with Gasteiger partial charge in [0, 0.05) is 18.1 Å². The van der Waals surface area contributed by atoms with E-state index in [0.29, 0.717) is 34.8 Å². The van der Waals surface area contributed by atoms with Crippen molar-refractivity contribution in [2.75, 3.05) is 18.1 Å². The van der Waals surface area contributed by atoms with Gasteiger partial charge in [-0.2, -0.15) is 11.8 Å². The summed E-state index contributed by atoms with van der Waals surface area (Å²) in [5.74, 6) is 1.42. The molecule has 9 heteroatoms. The zero-order valence-corrected chi connectivity index (χ0v) is 16.1. The van der Waals surface area contributed by atoms with Gasteiger partial charge in [0.05, 0.1) is 11.8 Å². The molecule has 26 heavy (non-hydrogen) atoms. The lowest BCUT2D eigenvalue weighted by Gasteiger charge is -2.10. The van der Waals surface area contributed by atoms with E-state index in [9.17, 15) is 9.18 Å². The lowest BCUT2D eigenvalue weighted by Crippen LogP contribution is -2.27. The molecule has 1 aromatic heterocycles. The van der Waals surface area contributed by atoms with Crippen LogP contribution in [0.2, 0.25) is 0 Å². The number of nitrogens with one attached hydrogen (secondary N) is 1. The first-order valence-electron chi connectivity index (χ1n) is 8.72. The van der Waals surface area contributed by atoms with E-state index in [1.807, 2.05) is 10.7 Å². The van der Waals surface area contributed by atoms with Crippen LogP contribution in [-0.2, 0) is 10.5 Å². The Bertz CT molecular complexity index is 721. The Labute approximate surface area is 160 Å². The van der Waals surface area contributed by atoms with Gasteiger partial charge in [-0.3, -0.25) is 4.79 Å². The number of benzene rings is 1. The Morgan fingerprint density at radius 2 is 2.12 bits per heavy atom. The fourth-order valence-electron chi connectivity index (χ4n) is 2.90. The lowest BCUT2D eigenvalue weighted by atomic mass is 10.2. The number of rotatable bonds is 9. The highest BCUT2D eigenvalue weighted by Gasteiger charge is 2.21. The van der Waals surface area contributed by atoms with Crippen molar-refractivity contribution in [3.8, 4) is 0 Å². The first-order chi connectivity index (χ1) is 12.7. The van der Waals surface area contributed by atoms with E-state index in [4.69, 9.17) is 0 Å². The number of carbonyl (C=O) groups is 1. The average Bonchev–Trinajstić information content (AvgIpc) is 3.32. The average molecular weight is 396 g/mol. The minimum atomic E-state index is -0.180. The molecule has 0 saturated heterocycles. The molecule has 0 atom stereocenters. The highest BCUT2D eigenvalue weighted by Crippen LogP contribution is 2.31. The number of halogens is 1. The van der Waals surface area contributed by atoms with Crippen molar-refractivity contribution in [1.82, 2.24) is 25.5 Å². The van der Waals surface area contributed by atoms with Crippen LogP contribution in [0, 0.1) is 5.82 Å². The second-order valence-corrected chi connectivity index (χ2v) is 8.17. The van der Waals surface area contributed by atoms with Gasteiger partial charge in [-0.05, 0) is 34.9 Å². The quantitative estimate of drug-likeness (QED) is 0.520. The first kappa shape index (κ1) is 19.2. The predicted molar refractivity (Wildman–Crippen MR) is 102 cm³/mol. The van der Waals surface area contributed by atoms with Crippen LogP contribution in [0.25, 0.3) is 0 Å². The fourth-order valence-corrected chi connectivity index (χ4v) is 4.52. The van der Waals surface area contributed by atoms with Crippen molar-refractivity contribution in [3.05, 3.63) is 35.6 Å². The van der Waals surface area contributed by atoms with Crippen LogP contribution >= 0.6 is 23.5 Å². The molecular weight excluding hydrogens is 373 g/mol. The Hall–Kier alpha value is -1.61. The molecule has 1 N–H and O–H groups in total. The number of aromatic nitrogens is 4. The first-order valence-corrected chi connectivity index (χ1v) is 10.9. The third-order valence-corrected chi connectivity index (χ3v) is 6.19. The van der Waals surface area contributed by atoms with Crippen molar-refractivity contribution < 1.29 is 9.18 Å². The number of hydrogen-bond donors (Lipinski definition) is 1. The molecule has 1 saturated carbocycles. The van der Waals surface area contributed by atoms with E-state index >= 15 is 0 Å². The van der Waals surface area contributed by atoms with Crippen LogP contribution in [0.5, 0.6) is 0 Å². The Kier molecular flexibility index (Phi) is 7.31. The molecule has 140 valence electrons. The van der Waals surface area contributed by atoms with E-state index < -0.39 is 0 Å². The number of hydrogen-bond acceptors (Lipinski definition) is 6. The summed E-state index contributed by atoms with van der Waals surface area (Å²) in [7, 11) is 0. The number of amides is 1. The molecule has 1 aliphatic carbocycles. The van der Waals surface area contributed by atoms with Gasteiger partial charge in [0.25, 0.3) is 0 Å². The van der Waals surface area contributed by atoms with Gasteiger partial charge in [-0.1, -0.05) is 42.8 Å². The largest absolute Gasteiger partial charge is 0.355 e. The van der Waals surface area contributed by atoms with Crippen molar-refractivity contribution in [3.63, 3.8) is 0 Å². The molecule has 0 radical (unpaired) electrons. The maximum atomic E-state index is 13.5. The van der Waals surface area contributed by atoms with Crippen LogP contribution in [0.15, 0.2) is 29.4 Å².